The zero-order chi connectivity index (χ0) is 33.9. The van der Waals surface area contributed by atoms with Gasteiger partial charge < -0.3 is 18.9 Å². The number of pyridine rings is 1. The molecule has 1 aromatic heterocycles. The fourth-order valence-corrected chi connectivity index (χ4v) is 5.26. The first-order chi connectivity index (χ1) is 23.4. The van der Waals surface area contributed by atoms with Crippen LogP contribution >= 0.6 is 27.5 Å². The standard InChI is InChI=1S/C29H21ClN2O6.C8H6BrN/c30-24-12-22(16-33)26(37-17-20-4-1-3-19(11-20)15-31)14-27(24)38-18-21-5-2-8-32(29(21)34)23-6-7-25-28(13-23)36-10-9-35-25;9-5-7-2-1-3-8(4-7)6-10/h1-8,11-14,16H,9-10,17-18H2;1-4H,5H2. The van der Waals surface area contributed by atoms with Crippen molar-refractivity contribution < 1.29 is 23.7 Å². The summed E-state index contributed by atoms with van der Waals surface area (Å²) < 4.78 is 24.4. The van der Waals surface area contributed by atoms with Crippen molar-refractivity contribution in [2.24, 2.45) is 0 Å². The number of nitrogens with zero attached hydrogens (tertiary/aromatic N) is 3. The Morgan fingerprint density at radius 1 is 0.812 bits per heavy atom. The number of rotatable bonds is 9. The summed E-state index contributed by atoms with van der Waals surface area (Å²) in [6.07, 6.45) is 2.30. The van der Waals surface area contributed by atoms with Crippen molar-refractivity contribution in [1.82, 2.24) is 4.57 Å². The van der Waals surface area contributed by atoms with Crippen LogP contribution in [0.3, 0.4) is 0 Å². The number of alkyl halides is 1. The maximum Gasteiger partial charge on any atom is 0.261 e. The molecule has 0 saturated carbocycles. The second-order valence-corrected chi connectivity index (χ2v) is 11.3. The lowest BCUT2D eigenvalue weighted by molar-refractivity contribution is 0.111. The van der Waals surface area contributed by atoms with Crippen LogP contribution in [0.25, 0.3) is 5.69 Å². The summed E-state index contributed by atoms with van der Waals surface area (Å²) in [5, 5.41) is 18.6. The summed E-state index contributed by atoms with van der Waals surface area (Å²) in [5.41, 5.74) is 4.14. The fourth-order valence-electron chi connectivity index (χ4n) is 4.68. The Balaban J connectivity index is 0.000000387. The van der Waals surface area contributed by atoms with Gasteiger partial charge in [0.25, 0.3) is 5.56 Å². The van der Waals surface area contributed by atoms with Crippen molar-refractivity contribution in [1.29, 1.82) is 10.5 Å². The summed E-state index contributed by atoms with van der Waals surface area (Å²) in [5.74, 6) is 1.74. The average Bonchev–Trinajstić information content (AvgIpc) is 3.14. The molecule has 6 rings (SSSR count). The minimum Gasteiger partial charge on any atom is -0.488 e. The van der Waals surface area contributed by atoms with Crippen molar-refractivity contribution in [2.75, 3.05) is 13.2 Å². The van der Waals surface area contributed by atoms with E-state index in [9.17, 15) is 9.59 Å². The van der Waals surface area contributed by atoms with Gasteiger partial charge in [0.2, 0.25) is 0 Å². The molecule has 0 amide bonds. The number of carbonyl (C=O) groups excluding carboxylic acids is 1. The van der Waals surface area contributed by atoms with Crippen molar-refractivity contribution in [3.05, 3.63) is 146 Å². The highest BCUT2D eigenvalue weighted by molar-refractivity contribution is 9.08. The van der Waals surface area contributed by atoms with Crippen molar-refractivity contribution in [3.8, 4) is 40.8 Å². The van der Waals surface area contributed by atoms with Gasteiger partial charge in [0.05, 0.1) is 45.1 Å². The number of fused-ring (bicyclic) bond motifs is 1. The molecule has 0 spiro atoms. The Morgan fingerprint density at radius 2 is 1.50 bits per heavy atom. The van der Waals surface area contributed by atoms with E-state index in [0.717, 1.165) is 22.0 Å². The monoisotopic (exact) mass is 723 g/mol. The molecular formula is C37H27BrClN3O6. The van der Waals surface area contributed by atoms with Gasteiger partial charge in [0, 0.05) is 23.7 Å². The molecule has 2 heterocycles. The van der Waals surface area contributed by atoms with Gasteiger partial charge in [-0.2, -0.15) is 10.5 Å². The zero-order valence-corrected chi connectivity index (χ0v) is 27.7. The van der Waals surface area contributed by atoms with Crippen LogP contribution in [0, 0.1) is 22.7 Å². The van der Waals surface area contributed by atoms with Gasteiger partial charge in [0.15, 0.2) is 17.8 Å². The van der Waals surface area contributed by atoms with E-state index in [0.29, 0.717) is 47.8 Å². The molecule has 1 aliphatic heterocycles. The Morgan fingerprint density at radius 3 is 2.21 bits per heavy atom. The van der Waals surface area contributed by atoms with Crippen LogP contribution in [0.2, 0.25) is 5.02 Å². The normalized spacial score (nSPS) is 11.2. The second-order valence-electron chi connectivity index (χ2n) is 10.3. The molecule has 1 aliphatic rings. The number of aldehydes is 1. The highest BCUT2D eigenvalue weighted by Gasteiger charge is 2.15. The molecule has 48 heavy (non-hydrogen) atoms. The highest BCUT2D eigenvalue weighted by atomic mass is 79.9. The molecule has 0 radical (unpaired) electrons. The van der Waals surface area contributed by atoms with Crippen LogP contribution in [0.4, 0.5) is 0 Å². The van der Waals surface area contributed by atoms with E-state index >= 15 is 0 Å². The summed E-state index contributed by atoms with van der Waals surface area (Å²) in [4.78, 5) is 24.8. The Hall–Kier alpha value is -5.55. The van der Waals surface area contributed by atoms with E-state index in [1.165, 1.54) is 16.7 Å². The summed E-state index contributed by atoms with van der Waals surface area (Å²) >= 11 is 9.66. The van der Waals surface area contributed by atoms with Crippen molar-refractivity contribution >= 4 is 33.8 Å². The molecule has 0 saturated heterocycles. The van der Waals surface area contributed by atoms with Crippen LogP contribution < -0.4 is 24.5 Å². The molecule has 9 nitrogen and oxygen atoms in total. The Kier molecular flexibility index (Phi) is 11.5. The SMILES string of the molecule is N#Cc1cccc(CBr)c1.N#Cc1cccc(COc2cc(OCc3cccn(-c4ccc5c(c4)OCCO5)c3=O)c(Cl)cc2C=O)c1. The van der Waals surface area contributed by atoms with Gasteiger partial charge in [-0.3, -0.25) is 14.2 Å². The number of halogens is 2. The molecule has 11 heteroatoms. The van der Waals surface area contributed by atoms with Crippen LogP contribution in [0.5, 0.6) is 23.0 Å². The smallest absolute Gasteiger partial charge is 0.261 e. The first-order valence-corrected chi connectivity index (χ1v) is 16.1. The summed E-state index contributed by atoms with van der Waals surface area (Å²) in [6, 6.07) is 30.4. The third-order valence-electron chi connectivity index (χ3n) is 7.07. The Labute approximate surface area is 290 Å². The predicted molar refractivity (Wildman–Crippen MR) is 183 cm³/mol. The molecule has 4 aromatic carbocycles. The van der Waals surface area contributed by atoms with Gasteiger partial charge in [-0.25, -0.2) is 0 Å². The fraction of sp³-hybridized carbons (Fsp3) is 0.135. The molecular weight excluding hydrogens is 698 g/mol. The maximum atomic E-state index is 13.2. The van der Waals surface area contributed by atoms with Crippen LogP contribution in [0.15, 0.2) is 102 Å². The van der Waals surface area contributed by atoms with Gasteiger partial charge in [-0.1, -0.05) is 51.8 Å². The minimum absolute atomic E-state index is 0.0615. The number of hydrogen-bond acceptors (Lipinski definition) is 8. The lowest BCUT2D eigenvalue weighted by atomic mass is 10.1. The van der Waals surface area contributed by atoms with E-state index in [1.807, 2.05) is 24.3 Å². The third kappa shape index (κ3) is 8.42. The number of nitriles is 2. The lowest BCUT2D eigenvalue weighted by Crippen LogP contribution is -2.23. The van der Waals surface area contributed by atoms with E-state index < -0.39 is 0 Å². The molecule has 5 aromatic rings. The molecule has 0 fully saturated rings. The largest absolute Gasteiger partial charge is 0.488 e. The zero-order valence-electron chi connectivity index (χ0n) is 25.4. The maximum absolute atomic E-state index is 13.2. The number of ether oxygens (including phenoxy) is 4. The van der Waals surface area contributed by atoms with Crippen molar-refractivity contribution in [2.45, 2.75) is 18.5 Å². The third-order valence-corrected chi connectivity index (χ3v) is 8.01. The van der Waals surface area contributed by atoms with E-state index in [1.54, 1.807) is 60.8 Å². The molecule has 0 atom stereocenters. The van der Waals surface area contributed by atoms with Crippen LogP contribution in [-0.2, 0) is 18.5 Å². The Bertz CT molecular complexity index is 2090. The highest BCUT2D eigenvalue weighted by Crippen LogP contribution is 2.34. The number of hydrogen-bond donors (Lipinski definition) is 0. The quantitative estimate of drug-likeness (QED) is 0.113. The molecule has 0 bridgehead atoms. The van der Waals surface area contributed by atoms with E-state index in [-0.39, 0.29) is 40.9 Å². The number of carbonyl (C=O) groups is 1. The van der Waals surface area contributed by atoms with E-state index in [2.05, 4.69) is 28.1 Å². The molecule has 0 aliphatic carbocycles. The average molecular weight is 725 g/mol. The molecule has 0 N–H and O–H groups in total. The van der Waals surface area contributed by atoms with Crippen LogP contribution in [-0.4, -0.2) is 24.1 Å². The topological polar surface area (TPSA) is 124 Å². The molecule has 0 unspecified atom stereocenters. The van der Waals surface area contributed by atoms with Crippen LogP contribution in [0.1, 0.15) is 38.2 Å². The number of aromatic nitrogens is 1. The van der Waals surface area contributed by atoms with E-state index in [4.69, 9.17) is 41.1 Å². The summed E-state index contributed by atoms with van der Waals surface area (Å²) in [6.45, 7) is 1.00. The molecule has 240 valence electrons. The van der Waals surface area contributed by atoms with Gasteiger partial charge in [0.1, 0.15) is 37.9 Å². The number of benzene rings is 4. The minimum atomic E-state index is -0.265. The first kappa shape index (κ1) is 33.8. The predicted octanol–water partition coefficient (Wildman–Crippen LogP) is 7.56. The lowest BCUT2D eigenvalue weighted by Gasteiger charge is -2.19. The van der Waals surface area contributed by atoms with Crippen molar-refractivity contribution in [3.63, 3.8) is 0 Å². The van der Waals surface area contributed by atoms with Gasteiger partial charge in [-0.15, -0.1) is 0 Å². The van der Waals surface area contributed by atoms with Gasteiger partial charge in [-0.05, 0) is 65.7 Å². The second kappa shape index (κ2) is 16.3. The van der Waals surface area contributed by atoms with Gasteiger partial charge >= 0.3 is 0 Å². The summed E-state index contributed by atoms with van der Waals surface area (Å²) in [7, 11) is 0. The first-order valence-electron chi connectivity index (χ1n) is 14.6.